The summed E-state index contributed by atoms with van der Waals surface area (Å²) in [6, 6.07) is 23.4. The molecule has 8 nitrogen and oxygen atoms in total. The standard InChI is InChI=1S/C28H22N2O6/c1-17-15-23(29-36-17)30-25(19-7-6-10-22(16-19)35-21-8-4-3-5-9-21)24(27(32)28(30)33)26(31)18-11-13-20(34-2)14-12-18/h3-16,25,31H,1-2H3/b26-24-. The number of anilines is 1. The van der Waals surface area contributed by atoms with Crippen LogP contribution >= 0.6 is 0 Å². The van der Waals surface area contributed by atoms with Gasteiger partial charge in [0.1, 0.15) is 28.8 Å². The van der Waals surface area contributed by atoms with Crippen LogP contribution in [0, 0.1) is 6.92 Å². The molecule has 2 heterocycles. The van der Waals surface area contributed by atoms with Crippen molar-refractivity contribution in [1.29, 1.82) is 0 Å². The molecule has 1 aliphatic rings. The molecule has 1 amide bonds. The molecular weight excluding hydrogens is 460 g/mol. The molecule has 1 aliphatic heterocycles. The number of hydrogen-bond acceptors (Lipinski definition) is 7. The Hall–Kier alpha value is -4.85. The number of ether oxygens (including phenoxy) is 2. The molecule has 0 bridgehead atoms. The number of aryl methyl sites for hydroxylation is 1. The topological polar surface area (TPSA) is 102 Å². The van der Waals surface area contributed by atoms with Crippen LogP contribution in [-0.2, 0) is 9.59 Å². The van der Waals surface area contributed by atoms with Crippen LogP contribution in [0.2, 0.25) is 0 Å². The van der Waals surface area contributed by atoms with Crippen LogP contribution < -0.4 is 14.4 Å². The molecule has 1 saturated heterocycles. The molecule has 8 heteroatoms. The Morgan fingerprint density at radius 2 is 1.64 bits per heavy atom. The second-order valence-electron chi connectivity index (χ2n) is 8.18. The summed E-state index contributed by atoms with van der Waals surface area (Å²) in [5.41, 5.74) is 0.854. The van der Waals surface area contributed by atoms with Crippen molar-refractivity contribution in [2.24, 2.45) is 0 Å². The molecule has 0 spiro atoms. The van der Waals surface area contributed by atoms with Gasteiger partial charge in [-0.1, -0.05) is 35.5 Å². The third-order valence-corrected chi connectivity index (χ3v) is 5.82. The van der Waals surface area contributed by atoms with Gasteiger partial charge in [-0.15, -0.1) is 0 Å². The van der Waals surface area contributed by atoms with Crippen LogP contribution in [-0.4, -0.2) is 29.1 Å². The summed E-state index contributed by atoms with van der Waals surface area (Å²) < 4.78 is 16.3. The highest BCUT2D eigenvalue weighted by molar-refractivity contribution is 6.51. The fraction of sp³-hybridized carbons (Fsp3) is 0.107. The number of para-hydroxylation sites is 1. The largest absolute Gasteiger partial charge is 0.507 e. The lowest BCUT2D eigenvalue weighted by atomic mass is 9.95. The van der Waals surface area contributed by atoms with Crippen molar-refractivity contribution >= 4 is 23.3 Å². The molecule has 180 valence electrons. The first-order valence-corrected chi connectivity index (χ1v) is 11.2. The lowest BCUT2D eigenvalue weighted by Crippen LogP contribution is -2.29. The monoisotopic (exact) mass is 482 g/mol. The van der Waals surface area contributed by atoms with Crippen molar-refractivity contribution in [1.82, 2.24) is 5.16 Å². The van der Waals surface area contributed by atoms with Crippen molar-refractivity contribution in [2.75, 3.05) is 12.0 Å². The van der Waals surface area contributed by atoms with E-state index in [0.717, 1.165) is 0 Å². The van der Waals surface area contributed by atoms with Gasteiger partial charge < -0.3 is 19.1 Å². The summed E-state index contributed by atoms with van der Waals surface area (Å²) in [4.78, 5) is 27.7. The SMILES string of the molecule is COc1ccc(/C(O)=C2/C(=O)C(=O)N(c3cc(C)on3)C2c2cccc(Oc3ccccc3)c2)cc1. The summed E-state index contributed by atoms with van der Waals surface area (Å²) in [7, 11) is 1.53. The minimum Gasteiger partial charge on any atom is -0.507 e. The molecule has 3 aromatic carbocycles. The van der Waals surface area contributed by atoms with Crippen LogP contribution in [0.4, 0.5) is 5.82 Å². The maximum atomic E-state index is 13.3. The third kappa shape index (κ3) is 4.20. The number of aliphatic hydroxyl groups is 1. The summed E-state index contributed by atoms with van der Waals surface area (Å²) in [6.45, 7) is 1.69. The first kappa shape index (κ1) is 22.9. The normalized spacial score (nSPS) is 16.8. The van der Waals surface area contributed by atoms with Gasteiger partial charge in [-0.2, -0.15) is 0 Å². The Kier molecular flexibility index (Phi) is 6.00. The van der Waals surface area contributed by atoms with Crippen molar-refractivity contribution in [3.8, 4) is 17.2 Å². The zero-order valence-electron chi connectivity index (χ0n) is 19.5. The Balaban J connectivity index is 1.64. The maximum Gasteiger partial charge on any atom is 0.301 e. The number of aliphatic hydroxyl groups excluding tert-OH is 1. The molecule has 0 saturated carbocycles. The van der Waals surface area contributed by atoms with Crippen LogP contribution in [0.25, 0.3) is 5.76 Å². The second-order valence-corrected chi connectivity index (χ2v) is 8.18. The smallest absolute Gasteiger partial charge is 0.301 e. The lowest BCUT2D eigenvalue weighted by Gasteiger charge is -2.23. The number of hydrogen-bond donors (Lipinski definition) is 1. The van der Waals surface area contributed by atoms with Gasteiger partial charge in [-0.25, -0.2) is 0 Å². The Morgan fingerprint density at radius 1 is 0.917 bits per heavy atom. The molecular formula is C28H22N2O6. The number of ketones is 1. The Bertz CT molecular complexity index is 1460. The zero-order chi connectivity index (χ0) is 25.2. The number of methoxy groups -OCH3 is 1. The maximum absolute atomic E-state index is 13.3. The van der Waals surface area contributed by atoms with Crippen LogP contribution in [0.1, 0.15) is 22.9 Å². The highest BCUT2D eigenvalue weighted by Gasteiger charge is 2.48. The molecule has 0 radical (unpaired) electrons. The van der Waals surface area contributed by atoms with Gasteiger partial charge in [-0.3, -0.25) is 14.5 Å². The van der Waals surface area contributed by atoms with Gasteiger partial charge in [0, 0.05) is 11.6 Å². The van der Waals surface area contributed by atoms with E-state index in [4.69, 9.17) is 14.0 Å². The molecule has 4 aromatic rings. The molecule has 36 heavy (non-hydrogen) atoms. The van der Waals surface area contributed by atoms with Gasteiger partial charge in [0.2, 0.25) is 0 Å². The first-order chi connectivity index (χ1) is 17.5. The highest BCUT2D eigenvalue weighted by Crippen LogP contribution is 2.43. The van der Waals surface area contributed by atoms with Crippen molar-refractivity contribution < 1.29 is 28.7 Å². The zero-order valence-corrected chi connectivity index (χ0v) is 19.5. The number of amides is 1. The van der Waals surface area contributed by atoms with Gasteiger partial charge in [0.05, 0.1) is 18.7 Å². The molecule has 1 fully saturated rings. The fourth-order valence-corrected chi connectivity index (χ4v) is 4.13. The quantitative estimate of drug-likeness (QED) is 0.223. The summed E-state index contributed by atoms with van der Waals surface area (Å²) in [6.07, 6.45) is 0. The molecule has 5 rings (SSSR count). The number of carbonyl (C=O) groups is 2. The minimum absolute atomic E-state index is 0.0670. The van der Waals surface area contributed by atoms with E-state index in [0.29, 0.717) is 34.1 Å². The first-order valence-electron chi connectivity index (χ1n) is 11.2. The predicted molar refractivity (Wildman–Crippen MR) is 132 cm³/mol. The van der Waals surface area contributed by atoms with Gasteiger partial charge in [0.25, 0.3) is 5.78 Å². The average Bonchev–Trinajstić information content (AvgIpc) is 3.44. The highest BCUT2D eigenvalue weighted by atomic mass is 16.5. The average molecular weight is 482 g/mol. The predicted octanol–water partition coefficient (Wildman–Crippen LogP) is 5.41. The van der Waals surface area contributed by atoms with Crippen molar-refractivity contribution in [3.05, 3.63) is 107 Å². The lowest BCUT2D eigenvalue weighted by molar-refractivity contribution is -0.132. The van der Waals surface area contributed by atoms with Crippen LogP contribution in [0.15, 0.2) is 95.0 Å². The minimum atomic E-state index is -0.962. The van der Waals surface area contributed by atoms with Gasteiger partial charge in [-0.05, 0) is 61.0 Å². The van der Waals surface area contributed by atoms with Gasteiger partial charge in [0.15, 0.2) is 5.82 Å². The molecule has 1 N–H and O–H groups in total. The van der Waals surface area contributed by atoms with Crippen LogP contribution in [0.3, 0.4) is 0 Å². The van der Waals surface area contributed by atoms with Crippen molar-refractivity contribution in [2.45, 2.75) is 13.0 Å². The van der Waals surface area contributed by atoms with Crippen molar-refractivity contribution in [3.63, 3.8) is 0 Å². The summed E-state index contributed by atoms with van der Waals surface area (Å²) in [5, 5.41) is 15.2. The van der Waals surface area contributed by atoms with Gasteiger partial charge >= 0.3 is 5.91 Å². The molecule has 0 aliphatic carbocycles. The molecule has 1 aromatic heterocycles. The number of aromatic nitrogens is 1. The van der Waals surface area contributed by atoms with E-state index in [1.54, 1.807) is 61.5 Å². The summed E-state index contributed by atoms with van der Waals surface area (Å²) >= 11 is 0. The van der Waals surface area contributed by atoms with E-state index < -0.39 is 17.7 Å². The van der Waals surface area contributed by atoms with Crippen LogP contribution in [0.5, 0.6) is 17.2 Å². The summed E-state index contributed by atoms with van der Waals surface area (Å²) in [5.74, 6) is 0.412. The van der Waals surface area contributed by atoms with E-state index in [9.17, 15) is 14.7 Å². The third-order valence-electron chi connectivity index (χ3n) is 5.82. The number of Topliss-reactive ketones (excluding diaryl/α,β-unsaturated/α-hetero) is 1. The van der Waals surface area contributed by atoms with E-state index in [1.807, 2.05) is 30.3 Å². The van der Waals surface area contributed by atoms with E-state index >= 15 is 0 Å². The second kappa shape index (κ2) is 9.42. The number of nitrogens with zero attached hydrogens (tertiary/aromatic N) is 2. The van der Waals surface area contributed by atoms with E-state index in [1.165, 1.54) is 12.0 Å². The molecule has 1 atom stereocenters. The van der Waals surface area contributed by atoms with E-state index in [2.05, 4.69) is 5.16 Å². The Morgan fingerprint density at radius 3 is 2.31 bits per heavy atom. The Labute approximate surface area is 207 Å². The fourth-order valence-electron chi connectivity index (χ4n) is 4.13. The van der Waals surface area contributed by atoms with E-state index in [-0.39, 0.29) is 17.2 Å². The number of rotatable bonds is 6. The number of benzene rings is 3. The number of carbonyl (C=O) groups excluding carboxylic acids is 2. The molecule has 1 unspecified atom stereocenters.